The molecule has 1 aliphatic heterocycles. The topological polar surface area (TPSA) is 111 Å². The van der Waals surface area contributed by atoms with Crippen LogP contribution in [0.25, 0.3) is 10.9 Å². The average Bonchev–Trinajstić information content (AvgIpc) is 3.45. The van der Waals surface area contributed by atoms with Gasteiger partial charge in [0.05, 0.1) is 11.1 Å². The molecule has 1 fully saturated rings. The Kier molecular flexibility index (Phi) is 6.35. The van der Waals surface area contributed by atoms with Crippen molar-refractivity contribution < 1.29 is 13.2 Å². The molecule has 2 N–H and O–H groups in total. The molecule has 0 spiro atoms. The van der Waals surface area contributed by atoms with Gasteiger partial charge in [-0.15, -0.1) is 0 Å². The lowest BCUT2D eigenvalue weighted by Crippen LogP contribution is -2.39. The zero-order chi connectivity index (χ0) is 22.7. The van der Waals surface area contributed by atoms with Crippen LogP contribution in [0.3, 0.4) is 0 Å². The highest BCUT2D eigenvalue weighted by Gasteiger charge is 2.27. The van der Waals surface area contributed by atoms with Gasteiger partial charge in [-0.05, 0) is 49.4 Å². The lowest BCUT2D eigenvalue weighted by atomic mass is 9.99. The maximum absolute atomic E-state index is 13.3. The number of benzene rings is 1. The molecular formula is C23H26N5O3S. The lowest BCUT2D eigenvalue weighted by Gasteiger charge is -2.31. The van der Waals surface area contributed by atoms with E-state index in [9.17, 15) is 18.5 Å². The van der Waals surface area contributed by atoms with Crippen LogP contribution >= 0.6 is 0 Å². The maximum Gasteiger partial charge on any atom is 0.243 e. The van der Waals surface area contributed by atoms with Crippen molar-refractivity contribution in [3.8, 4) is 6.07 Å². The first-order valence-electron chi connectivity index (χ1n) is 10.7. The molecule has 0 aliphatic carbocycles. The van der Waals surface area contributed by atoms with Gasteiger partial charge in [-0.25, -0.2) is 8.42 Å². The van der Waals surface area contributed by atoms with Crippen LogP contribution < -0.4 is 4.72 Å². The van der Waals surface area contributed by atoms with Crippen LogP contribution in [0, 0.1) is 23.3 Å². The predicted octanol–water partition coefficient (Wildman–Crippen LogP) is 3.16. The molecule has 3 heterocycles. The molecule has 1 radical (unpaired) electrons. The number of hydrogen-bond donors (Lipinski definition) is 2. The number of sulfonamides is 1. The second-order valence-corrected chi connectivity index (χ2v) is 9.95. The molecule has 1 amide bonds. The van der Waals surface area contributed by atoms with Crippen molar-refractivity contribution in [2.24, 2.45) is 5.92 Å². The van der Waals surface area contributed by atoms with Crippen LogP contribution in [0.4, 0.5) is 0 Å². The highest BCUT2D eigenvalue weighted by Crippen LogP contribution is 2.25. The summed E-state index contributed by atoms with van der Waals surface area (Å²) in [6.45, 7) is 3.65. The molecule has 0 saturated carbocycles. The number of aromatic nitrogens is 2. The fourth-order valence-electron chi connectivity index (χ4n) is 4.14. The molecule has 3 aromatic rings. The number of aromatic amines is 1. The molecule has 0 bridgehead atoms. The van der Waals surface area contributed by atoms with E-state index in [4.69, 9.17) is 0 Å². The molecule has 1 unspecified atom stereocenters. The van der Waals surface area contributed by atoms with Crippen molar-refractivity contribution in [2.75, 3.05) is 13.1 Å². The van der Waals surface area contributed by atoms with E-state index in [-0.39, 0.29) is 23.6 Å². The third kappa shape index (κ3) is 4.56. The third-order valence-electron chi connectivity index (χ3n) is 6.05. The Morgan fingerprint density at radius 3 is 2.84 bits per heavy atom. The molecule has 1 saturated heterocycles. The van der Waals surface area contributed by atoms with Crippen molar-refractivity contribution in [3.05, 3.63) is 54.5 Å². The summed E-state index contributed by atoms with van der Waals surface area (Å²) in [5.41, 5.74) is 0.987. The number of nitrogens with zero attached hydrogens (tertiary/aromatic N) is 3. The number of carbonyl (C=O) groups excluding carboxylic acids is 1. The van der Waals surface area contributed by atoms with E-state index >= 15 is 0 Å². The molecule has 9 heteroatoms. The molecule has 1 atom stereocenters. The van der Waals surface area contributed by atoms with E-state index in [1.54, 1.807) is 41.2 Å². The van der Waals surface area contributed by atoms with Gasteiger partial charge in [-0.3, -0.25) is 4.79 Å². The van der Waals surface area contributed by atoms with Crippen molar-refractivity contribution in [2.45, 2.75) is 43.7 Å². The summed E-state index contributed by atoms with van der Waals surface area (Å²) in [6.07, 6.45) is 4.84. The summed E-state index contributed by atoms with van der Waals surface area (Å²) in [5.74, 6) is 0.623. The second-order valence-electron chi connectivity index (χ2n) is 8.26. The maximum atomic E-state index is 13.3. The second kappa shape index (κ2) is 9.18. The van der Waals surface area contributed by atoms with Gasteiger partial charge < -0.3 is 14.5 Å². The monoisotopic (exact) mass is 452 g/mol. The van der Waals surface area contributed by atoms with Gasteiger partial charge in [0.1, 0.15) is 11.8 Å². The Balaban J connectivity index is 1.57. The molecule has 167 valence electrons. The molecule has 32 heavy (non-hydrogen) atoms. The van der Waals surface area contributed by atoms with Crippen molar-refractivity contribution in [1.29, 1.82) is 5.26 Å². The molecule has 8 nitrogen and oxygen atoms in total. The van der Waals surface area contributed by atoms with Crippen molar-refractivity contribution >= 4 is 26.8 Å². The summed E-state index contributed by atoms with van der Waals surface area (Å²) in [5, 5.41) is 9.92. The summed E-state index contributed by atoms with van der Waals surface area (Å²) in [4.78, 5) is 17.7. The number of carbonyl (C=O) groups is 1. The highest BCUT2D eigenvalue weighted by molar-refractivity contribution is 7.89. The summed E-state index contributed by atoms with van der Waals surface area (Å²) in [7, 11) is -3.94. The third-order valence-corrected chi connectivity index (χ3v) is 7.55. The molecule has 4 rings (SSSR count). The zero-order valence-electron chi connectivity index (χ0n) is 17.9. The summed E-state index contributed by atoms with van der Waals surface area (Å²) < 4.78 is 30.9. The normalized spacial score (nSPS) is 16.2. The number of amides is 1. The fraction of sp³-hybridized carbons (Fsp3) is 0.391. The number of hydrogen-bond acceptors (Lipinski definition) is 4. The molecule has 2 aromatic heterocycles. The van der Waals surface area contributed by atoms with Crippen LogP contribution in [0.15, 0.2) is 47.6 Å². The first-order chi connectivity index (χ1) is 15.4. The summed E-state index contributed by atoms with van der Waals surface area (Å²) >= 11 is 0. The van der Waals surface area contributed by atoms with E-state index < -0.39 is 16.2 Å². The first kappa shape index (κ1) is 22.1. The van der Waals surface area contributed by atoms with Crippen LogP contribution in [-0.4, -0.2) is 41.9 Å². The van der Waals surface area contributed by atoms with Crippen molar-refractivity contribution in [1.82, 2.24) is 19.2 Å². The minimum Gasteiger partial charge on any atom is -0.361 e. The van der Waals surface area contributed by atoms with Gasteiger partial charge in [-0.2, -0.15) is 9.98 Å². The number of rotatable bonds is 7. The number of likely N-dealkylation sites (tertiary alicyclic amines) is 1. The Hall–Kier alpha value is -3.09. The van der Waals surface area contributed by atoms with Crippen molar-refractivity contribution in [3.63, 3.8) is 0 Å². The van der Waals surface area contributed by atoms with Gasteiger partial charge in [0.15, 0.2) is 0 Å². The van der Waals surface area contributed by atoms with E-state index in [1.165, 1.54) is 6.07 Å². The Morgan fingerprint density at radius 1 is 1.31 bits per heavy atom. The van der Waals surface area contributed by atoms with Crippen LogP contribution in [0.1, 0.15) is 44.5 Å². The van der Waals surface area contributed by atoms with E-state index in [0.29, 0.717) is 22.5 Å². The number of nitrogens with one attached hydrogen (secondary N) is 2. The minimum absolute atomic E-state index is 0.00725. The minimum atomic E-state index is -3.94. The van der Waals surface area contributed by atoms with Crippen LogP contribution in [0.2, 0.25) is 0 Å². The molecular weight excluding hydrogens is 426 g/mol. The predicted molar refractivity (Wildman–Crippen MR) is 120 cm³/mol. The fourth-order valence-corrected chi connectivity index (χ4v) is 5.56. The van der Waals surface area contributed by atoms with Crippen LogP contribution in [-0.2, 0) is 14.8 Å². The van der Waals surface area contributed by atoms with Gasteiger partial charge in [0, 0.05) is 48.9 Å². The number of H-pyrrole nitrogens is 1. The average molecular weight is 453 g/mol. The Labute approximate surface area is 187 Å². The largest absolute Gasteiger partial charge is 0.361 e. The van der Waals surface area contributed by atoms with Crippen LogP contribution in [0.5, 0.6) is 0 Å². The number of fused-ring (bicyclic) bond motifs is 1. The molecule has 1 aromatic carbocycles. The van der Waals surface area contributed by atoms with Gasteiger partial charge >= 0.3 is 0 Å². The van der Waals surface area contributed by atoms with Gasteiger partial charge in [0.2, 0.25) is 15.9 Å². The lowest BCUT2D eigenvalue weighted by molar-refractivity contribution is -0.132. The number of nitriles is 1. The van der Waals surface area contributed by atoms with E-state index in [1.807, 2.05) is 4.90 Å². The Bertz CT molecular complexity index is 1250. The van der Waals surface area contributed by atoms with E-state index in [0.717, 1.165) is 25.9 Å². The van der Waals surface area contributed by atoms with Gasteiger partial charge in [-0.1, -0.05) is 13.0 Å². The SMILES string of the molecule is CC1CCN(C(=O)CCC(NS(=O)(=O)c2cccc3[nH]c[c]c23)n2cccc2C#N)CC1. The summed E-state index contributed by atoms with van der Waals surface area (Å²) in [6, 6.07) is 13.3. The molecule has 1 aliphatic rings. The smallest absolute Gasteiger partial charge is 0.243 e. The van der Waals surface area contributed by atoms with E-state index in [2.05, 4.69) is 28.8 Å². The first-order valence-corrected chi connectivity index (χ1v) is 12.2. The quantitative estimate of drug-likeness (QED) is 0.574. The zero-order valence-corrected chi connectivity index (χ0v) is 18.7. The highest BCUT2D eigenvalue weighted by atomic mass is 32.2. The standard InChI is InChI=1S/C23H26N5O3S/c1-17-10-14-27(15-11-17)23(29)8-7-22(28-13-3-4-18(28)16-24)26-32(30,31)21-6-2-5-20-19(21)9-12-25-20/h2-6,12-13,17,22,25-26H,7-8,10-11,14-15H2,1H3. The van der Waals surface area contributed by atoms with Gasteiger partial charge in [0.25, 0.3) is 0 Å². The Morgan fingerprint density at radius 2 is 2.09 bits per heavy atom. The number of piperidine rings is 1.